The van der Waals surface area contributed by atoms with Crippen molar-refractivity contribution in [3.05, 3.63) is 42.5 Å². The number of hydrogen-bond acceptors (Lipinski definition) is 6. The third-order valence-corrected chi connectivity index (χ3v) is 10.4. The standard InChI is InChI=1S/C27H33FN2O5/c1-5-25(30-11-10-29-15-30)34-22(33)27(35-25)16(2)12-20-19-7-6-17-13-18(31)8-9-23(17,3)26(19,28)21(32)14-24(20,27)4/h8-11,13,15-16,19-21,32H,5-7,12,14H2,1-4H3/t16-,19-,20-,21-,23-,24-,25?,26-,27-/m0/s1. The number of carbonyl (C=O) groups excluding carboxylic acids is 2. The van der Waals surface area contributed by atoms with Crippen molar-refractivity contribution in [2.24, 2.45) is 28.6 Å². The minimum Gasteiger partial charge on any atom is -0.411 e. The van der Waals surface area contributed by atoms with Crippen LogP contribution in [0, 0.1) is 28.6 Å². The Hall–Kier alpha value is -2.32. The molecule has 1 unspecified atom stereocenters. The number of ketones is 1. The number of hydrogen-bond donors (Lipinski definition) is 1. The molecule has 0 amide bonds. The summed E-state index contributed by atoms with van der Waals surface area (Å²) in [7, 11) is 0. The van der Waals surface area contributed by atoms with E-state index in [4.69, 9.17) is 9.47 Å². The summed E-state index contributed by atoms with van der Waals surface area (Å²) in [6.45, 7) is 7.64. The van der Waals surface area contributed by atoms with Gasteiger partial charge in [-0.15, -0.1) is 0 Å². The molecule has 188 valence electrons. The molecule has 0 bridgehead atoms. The van der Waals surface area contributed by atoms with Gasteiger partial charge in [0.05, 0.1) is 12.4 Å². The first-order chi connectivity index (χ1) is 16.5. The SMILES string of the molecule is CCC1(n2ccnc2)OC(=O)[C@@]2(O1)[C@@H](C)C[C@H]1[C@@H]3CCC4=CC(=O)C=C[C@]4(C)[C@@]3(F)[C@@H](O)C[C@@]12C. The Morgan fingerprint density at radius 1 is 1.29 bits per heavy atom. The van der Waals surface area contributed by atoms with Gasteiger partial charge >= 0.3 is 11.9 Å². The zero-order chi connectivity index (χ0) is 25.0. The Labute approximate surface area is 204 Å². The lowest BCUT2D eigenvalue weighted by Crippen LogP contribution is -2.69. The highest BCUT2D eigenvalue weighted by atomic mass is 19.1. The highest BCUT2D eigenvalue weighted by molar-refractivity contribution is 6.01. The fourth-order valence-electron chi connectivity index (χ4n) is 8.61. The molecule has 9 atom stereocenters. The third kappa shape index (κ3) is 2.45. The summed E-state index contributed by atoms with van der Waals surface area (Å²) < 4.78 is 31.8. The summed E-state index contributed by atoms with van der Waals surface area (Å²) in [5, 5.41) is 11.6. The summed E-state index contributed by atoms with van der Waals surface area (Å²) in [6, 6.07) is 0. The molecule has 4 fully saturated rings. The molecule has 2 heterocycles. The normalized spacial score (nSPS) is 50.5. The molecule has 6 rings (SSSR count). The number of aromatic nitrogens is 2. The monoisotopic (exact) mass is 484 g/mol. The average Bonchev–Trinajstić information content (AvgIpc) is 3.50. The van der Waals surface area contributed by atoms with E-state index >= 15 is 4.39 Å². The van der Waals surface area contributed by atoms with Crippen molar-refractivity contribution in [2.45, 2.75) is 83.1 Å². The van der Waals surface area contributed by atoms with Gasteiger partial charge in [0.25, 0.3) is 0 Å². The summed E-state index contributed by atoms with van der Waals surface area (Å²) in [5.41, 5.74) is -4.40. The molecule has 0 radical (unpaired) electrons. The maximum Gasteiger partial charge on any atom is 0.343 e. The number of nitrogens with zero attached hydrogens (tertiary/aromatic N) is 2. The van der Waals surface area contributed by atoms with Gasteiger partial charge in [0.2, 0.25) is 0 Å². The van der Waals surface area contributed by atoms with Crippen molar-refractivity contribution in [3.63, 3.8) is 0 Å². The molecular weight excluding hydrogens is 451 g/mol. The van der Waals surface area contributed by atoms with E-state index in [1.165, 1.54) is 12.2 Å². The first-order valence-electron chi connectivity index (χ1n) is 12.7. The number of cyclic esters (lactones) is 1. The van der Waals surface area contributed by atoms with E-state index in [1.807, 2.05) is 20.8 Å². The number of imidazole rings is 1. The van der Waals surface area contributed by atoms with Crippen molar-refractivity contribution in [1.29, 1.82) is 0 Å². The van der Waals surface area contributed by atoms with E-state index < -0.39 is 46.0 Å². The summed E-state index contributed by atoms with van der Waals surface area (Å²) in [6.07, 6.45) is 10.3. The first kappa shape index (κ1) is 23.1. The number of alkyl halides is 1. The Balaban J connectivity index is 1.45. The third-order valence-electron chi connectivity index (χ3n) is 10.4. The van der Waals surface area contributed by atoms with Crippen LogP contribution in [0.2, 0.25) is 0 Å². The molecule has 1 saturated heterocycles. The Morgan fingerprint density at radius 3 is 2.74 bits per heavy atom. The largest absolute Gasteiger partial charge is 0.411 e. The number of rotatable bonds is 2. The highest BCUT2D eigenvalue weighted by Gasteiger charge is 2.80. The number of aliphatic hydroxyl groups excluding tert-OH is 1. The zero-order valence-corrected chi connectivity index (χ0v) is 20.7. The second kappa shape index (κ2) is 6.91. The summed E-state index contributed by atoms with van der Waals surface area (Å²) >= 11 is 0. The Kier molecular flexibility index (Phi) is 4.56. The molecule has 35 heavy (non-hydrogen) atoms. The molecule has 1 aromatic heterocycles. The van der Waals surface area contributed by atoms with E-state index in [0.717, 1.165) is 5.57 Å². The van der Waals surface area contributed by atoms with Crippen LogP contribution in [0.4, 0.5) is 4.39 Å². The van der Waals surface area contributed by atoms with Gasteiger partial charge in [-0.3, -0.25) is 9.36 Å². The van der Waals surface area contributed by atoms with Crippen molar-refractivity contribution in [1.82, 2.24) is 9.55 Å². The van der Waals surface area contributed by atoms with Gasteiger partial charge < -0.3 is 14.6 Å². The topological polar surface area (TPSA) is 90.7 Å². The molecule has 0 aromatic carbocycles. The van der Waals surface area contributed by atoms with Gasteiger partial charge in [-0.25, -0.2) is 14.2 Å². The molecule has 1 aromatic rings. The van der Waals surface area contributed by atoms with E-state index in [0.29, 0.717) is 25.7 Å². The fourth-order valence-corrected chi connectivity index (χ4v) is 8.61. The van der Waals surface area contributed by atoms with Crippen LogP contribution in [-0.4, -0.2) is 43.8 Å². The quantitative estimate of drug-likeness (QED) is 0.642. The van der Waals surface area contributed by atoms with Gasteiger partial charge in [-0.2, -0.15) is 0 Å². The number of fused-ring (bicyclic) bond motifs is 6. The second-order valence-corrected chi connectivity index (χ2v) is 11.7. The molecule has 3 saturated carbocycles. The first-order valence-corrected chi connectivity index (χ1v) is 12.7. The number of allylic oxidation sites excluding steroid dienone is 4. The van der Waals surface area contributed by atoms with Crippen LogP contribution in [0.25, 0.3) is 0 Å². The number of aliphatic hydroxyl groups is 1. The number of halogens is 1. The highest BCUT2D eigenvalue weighted by Crippen LogP contribution is 2.73. The van der Waals surface area contributed by atoms with Crippen LogP contribution in [0.15, 0.2) is 42.5 Å². The molecule has 1 aliphatic heterocycles. The lowest BCUT2D eigenvalue weighted by molar-refractivity contribution is -0.283. The maximum absolute atomic E-state index is 17.4. The number of esters is 1. The van der Waals surface area contributed by atoms with Crippen LogP contribution < -0.4 is 0 Å². The van der Waals surface area contributed by atoms with Crippen LogP contribution >= 0.6 is 0 Å². The van der Waals surface area contributed by atoms with Crippen molar-refractivity contribution in [2.75, 3.05) is 0 Å². The average molecular weight is 485 g/mol. The van der Waals surface area contributed by atoms with Gasteiger partial charge in [0.1, 0.15) is 0 Å². The Bertz CT molecular complexity index is 1160. The lowest BCUT2D eigenvalue weighted by Gasteiger charge is -2.62. The smallest absolute Gasteiger partial charge is 0.343 e. The lowest BCUT2D eigenvalue weighted by atomic mass is 9.45. The molecule has 1 spiro atoms. The van der Waals surface area contributed by atoms with Gasteiger partial charge in [0, 0.05) is 35.6 Å². The minimum atomic E-state index is -1.95. The fraction of sp³-hybridized carbons (Fsp3) is 0.667. The molecular formula is C27H33FN2O5. The van der Waals surface area contributed by atoms with Crippen molar-refractivity contribution >= 4 is 11.8 Å². The van der Waals surface area contributed by atoms with E-state index in [2.05, 4.69) is 4.98 Å². The van der Waals surface area contributed by atoms with Crippen LogP contribution in [-0.2, 0) is 25.0 Å². The van der Waals surface area contributed by atoms with Gasteiger partial charge in [-0.05, 0) is 56.6 Å². The van der Waals surface area contributed by atoms with Crippen LogP contribution in [0.5, 0.6) is 0 Å². The second-order valence-electron chi connectivity index (χ2n) is 11.7. The maximum atomic E-state index is 17.4. The van der Waals surface area contributed by atoms with Gasteiger partial charge in [0.15, 0.2) is 17.1 Å². The molecule has 1 N–H and O–H groups in total. The predicted molar refractivity (Wildman–Crippen MR) is 123 cm³/mol. The number of carbonyl (C=O) groups is 2. The van der Waals surface area contributed by atoms with Crippen LogP contribution in [0.1, 0.15) is 59.8 Å². The summed E-state index contributed by atoms with van der Waals surface area (Å²) in [5.74, 6) is -2.83. The molecule has 5 aliphatic rings. The Morgan fingerprint density at radius 2 is 2.06 bits per heavy atom. The van der Waals surface area contributed by atoms with Crippen molar-refractivity contribution in [3.8, 4) is 0 Å². The predicted octanol–water partition coefficient (Wildman–Crippen LogP) is 3.83. The zero-order valence-electron chi connectivity index (χ0n) is 20.7. The van der Waals surface area contributed by atoms with Crippen molar-refractivity contribution < 1.29 is 28.6 Å². The van der Waals surface area contributed by atoms with Crippen LogP contribution in [0.3, 0.4) is 0 Å². The molecule has 7 nitrogen and oxygen atoms in total. The molecule has 8 heteroatoms. The van der Waals surface area contributed by atoms with E-state index in [-0.39, 0.29) is 24.0 Å². The number of ether oxygens (including phenoxy) is 2. The molecule has 4 aliphatic carbocycles. The summed E-state index contributed by atoms with van der Waals surface area (Å²) in [4.78, 5) is 30.0. The van der Waals surface area contributed by atoms with Gasteiger partial charge in [-0.1, -0.05) is 32.4 Å². The van der Waals surface area contributed by atoms with E-state index in [9.17, 15) is 14.7 Å². The minimum absolute atomic E-state index is 0.0679. The van der Waals surface area contributed by atoms with E-state index in [1.54, 1.807) is 36.3 Å².